The average molecular weight is 314 g/mol. The van der Waals surface area contributed by atoms with E-state index in [1.807, 2.05) is 26.0 Å². The lowest BCUT2D eigenvalue weighted by Gasteiger charge is -2.18. The molecule has 0 spiro atoms. The molecular formula is C18H26N4O. The number of rotatable bonds is 6. The maximum atomic E-state index is 12.7. The molecule has 0 radical (unpaired) electrons. The fourth-order valence-electron chi connectivity index (χ4n) is 2.51. The van der Waals surface area contributed by atoms with Crippen LogP contribution in [0, 0.1) is 0 Å². The summed E-state index contributed by atoms with van der Waals surface area (Å²) < 4.78 is 1.66. The first-order valence-electron chi connectivity index (χ1n) is 8.15. The lowest BCUT2D eigenvalue weighted by molar-refractivity contribution is 0.0994. The Morgan fingerprint density at radius 1 is 1.30 bits per heavy atom. The van der Waals surface area contributed by atoms with Gasteiger partial charge in [0.15, 0.2) is 0 Å². The van der Waals surface area contributed by atoms with Gasteiger partial charge in [0.2, 0.25) is 0 Å². The first-order valence-corrected chi connectivity index (χ1v) is 8.15. The monoisotopic (exact) mass is 314 g/mol. The van der Waals surface area contributed by atoms with Crippen LogP contribution in [0.25, 0.3) is 0 Å². The van der Waals surface area contributed by atoms with Crippen molar-refractivity contribution in [2.45, 2.75) is 46.1 Å². The van der Waals surface area contributed by atoms with Gasteiger partial charge in [-0.1, -0.05) is 25.5 Å². The number of carbonyl (C=O) groups excluding carboxylic acids is 1. The molecule has 2 N–H and O–H groups in total. The van der Waals surface area contributed by atoms with Crippen LogP contribution in [0.5, 0.6) is 0 Å². The highest BCUT2D eigenvalue weighted by Gasteiger charge is 2.20. The molecule has 23 heavy (non-hydrogen) atoms. The summed E-state index contributed by atoms with van der Waals surface area (Å²) in [5, 5.41) is 4.20. The number of hydrogen-bond acceptors (Lipinski definition) is 3. The Bertz CT molecular complexity index is 658. The highest BCUT2D eigenvalue weighted by molar-refractivity contribution is 6.08. The number of nitrogens with zero attached hydrogens (tertiary/aromatic N) is 3. The van der Waals surface area contributed by atoms with Crippen molar-refractivity contribution in [2.24, 2.45) is 0 Å². The molecule has 0 aliphatic carbocycles. The second kappa shape index (κ2) is 7.31. The van der Waals surface area contributed by atoms with Crippen LogP contribution in [0.3, 0.4) is 0 Å². The molecular weight excluding hydrogens is 288 g/mol. The molecule has 0 bridgehead atoms. The van der Waals surface area contributed by atoms with Crippen molar-refractivity contribution in [1.82, 2.24) is 9.78 Å². The van der Waals surface area contributed by atoms with Gasteiger partial charge in [-0.3, -0.25) is 4.79 Å². The molecule has 1 heterocycles. The molecule has 0 saturated heterocycles. The van der Waals surface area contributed by atoms with E-state index in [0.29, 0.717) is 11.4 Å². The highest BCUT2D eigenvalue weighted by Crippen LogP contribution is 2.21. The van der Waals surface area contributed by atoms with E-state index in [0.717, 1.165) is 12.1 Å². The summed E-state index contributed by atoms with van der Waals surface area (Å²) in [5.74, 6) is 0.270. The number of carbonyl (C=O) groups is 1. The van der Waals surface area contributed by atoms with Crippen LogP contribution in [0.4, 0.5) is 11.5 Å². The van der Waals surface area contributed by atoms with Crippen LogP contribution in [-0.4, -0.2) is 22.7 Å². The Morgan fingerprint density at radius 3 is 2.48 bits per heavy atom. The zero-order valence-electron chi connectivity index (χ0n) is 14.4. The average Bonchev–Trinajstić information content (AvgIpc) is 2.93. The second-order valence-corrected chi connectivity index (χ2v) is 6.12. The molecule has 0 aliphatic heterocycles. The van der Waals surface area contributed by atoms with E-state index in [4.69, 9.17) is 5.73 Å². The van der Waals surface area contributed by atoms with Crippen molar-refractivity contribution >= 4 is 17.4 Å². The van der Waals surface area contributed by atoms with Gasteiger partial charge in [0.1, 0.15) is 11.4 Å². The van der Waals surface area contributed by atoms with Crippen LogP contribution in [0.2, 0.25) is 0 Å². The molecule has 0 atom stereocenters. The van der Waals surface area contributed by atoms with E-state index < -0.39 is 0 Å². The number of amides is 1. The van der Waals surface area contributed by atoms with E-state index in [-0.39, 0.29) is 11.9 Å². The van der Waals surface area contributed by atoms with E-state index in [9.17, 15) is 4.79 Å². The predicted molar refractivity (Wildman–Crippen MR) is 94.8 cm³/mol. The van der Waals surface area contributed by atoms with E-state index in [1.165, 1.54) is 18.4 Å². The molecule has 1 aromatic heterocycles. The Kier molecular flexibility index (Phi) is 5.42. The fraction of sp³-hybridized carbons (Fsp3) is 0.444. The molecule has 124 valence electrons. The summed E-state index contributed by atoms with van der Waals surface area (Å²) in [6.45, 7) is 6.15. The topological polar surface area (TPSA) is 64.2 Å². The molecule has 0 fully saturated rings. The molecule has 2 aromatic rings. The standard InChI is InChI=1S/C18H26N4O/c1-5-6-7-14-8-10-15(11-9-14)21(4)18(23)16-12-20-22(13(2)3)17(16)19/h8-13H,5-7,19H2,1-4H3. The second-order valence-electron chi connectivity index (χ2n) is 6.12. The molecule has 1 aromatic carbocycles. The quantitative estimate of drug-likeness (QED) is 0.885. The molecule has 5 nitrogen and oxygen atoms in total. The first-order chi connectivity index (χ1) is 11.0. The fourth-order valence-corrected chi connectivity index (χ4v) is 2.51. The van der Waals surface area contributed by atoms with Crippen LogP contribution in [-0.2, 0) is 6.42 Å². The third-order valence-electron chi connectivity index (χ3n) is 4.00. The molecule has 0 unspecified atom stereocenters. The number of hydrogen-bond donors (Lipinski definition) is 1. The van der Waals surface area contributed by atoms with Gasteiger partial charge < -0.3 is 10.6 Å². The maximum Gasteiger partial charge on any atom is 0.263 e. The first kappa shape index (κ1) is 17.1. The van der Waals surface area contributed by atoms with Gasteiger partial charge in [-0.25, -0.2) is 4.68 Å². The summed E-state index contributed by atoms with van der Waals surface area (Å²) in [4.78, 5) is 14.3. The smallest absolute Gasteiger partial charge is 0.263 e. The number of anilines is 2. The maximum absolute atomic E-state index is 12.7. The highest BCUT2D eigenvalue weighted by atomic mass is 16.2. The zero-order valence-corrected chi connectivity index (χ0v) is 14.4. The summed E-state index contributed by atoms with van der Waals surface area (Å²) in [5.41, 5.74) is 8.64. The Hall–Kier alpha value is -2.30. The van der Waals surface area contributed by atoms with Crippen molar-refractivity contribution < 1.29 is 4.79 Å². The van der Waals surface area contributed by atoms with Crippen LogP contribution < -0.4 is 10.6 Å². The minimum absolute atomic E-state index is 0.125. The van der Waals surface area contributed by atoms with Crippen molar-refractivity contribution in [3.8, 4) is 0 Å². The number of benzene rings is 1. The molecule has 1 amide bonds. The number of aryl methyl sites for hydroxylation is 1. The van der Waals surface area contributed by atoms with Gasteiger partial charge in [0.05, 0.1) is 6.20 Å². The Morgan fingerprint density at radius 2 is 1.96 bits per heavy atom. The molecule has 0 aliphatic rings. The number of nitrogens with two attached hydrogens (primary N) is 1. The summed E-state index contributed by atoms with van der Waals surface area (Å²) in [6.07, 6.45) is 4.98. The van der Waals surface area contributed by atoms with E-state index in [1.54, 1.807) is 22.8 Å². The predicted octanol–water partition coefficient (Wildman–Crippen LogP) is 3.67. The van der Waals surface area contributed by atoms with Crippen LogP contribution in [0.1, 0.15) is 55.6 Å². The van der Waals surface area contributed by atoms with Gasteiger partial charge in [-0.2, -0.15) is 5.10 Å². The van der Waals surface area contributed by atoms with E-state index >= 15 is 0 Å². The minimum Gasteiger partial charge on any atom is -0.383 e. The summed E-state index contributed by atoms with van der Waals surface area (Å²) in [7, 11) is 1.76. The molecule has 2 rings (SSSR count). The zero-order chi connectivity index (χ0) is 17.0. The SMILES string of the molecule is CCCCc1ccc(N(C)C(=O)c2cnn(C(C)C)c2N)cc1. The van der Waals surface area contributed by atoms with Crippen molar-refractivity contribution in [3.63, 3.8) is 0 Å². The van der Waals surface area contributed by atoms with E-state index in [2.05, 4.69) is 24.2 Å². The number of unbranched alkanes of at least 4 members (excludes halogenated alkanes) is 1. The van der Waals surface area contributed by atoms with Crippen molar-refractivity contribution in [2.75, 3.05) is 17.7 Å². The molecule has 5 heteroatoms. The van der Waals surface area contributed by atoms with Gasteiger partial charge in [0.25, 0.3) is 5.91 Å². The van der Waals surface area contributed by atoms with Crippen LogP contribution >= 0.6 is 0 Å². The summed E-state index contributed by atoms with van der Waals surface area (Å²) >= 11 is 0. The van der Waals surface area contributed by atoms with Gasteiger partial charge in [0, 0.05) is 18.8 Å². The van der Waals surface area contributed by atoms with Crippen molar-refractivity contribution in [3.05, 3.63) is 41.6 Å². The van der Waals surface area contributed by atoms with Crippen molar-refractivity contribution in [1.29, 1.82) is 0 Å². The Labute approximate surface area is 138 Å². The third-order valence-corrected chi connectivity index (χ3v) is 4.00. The normalized spacial score (nSPS) is 11.0. The largest absolute Gasteiger partial charge is 0.383 e. The summed E-state index contributed by atoms with van der Waals surface area (Å²) in [6, 6.07) is 8.24. The lowest BCUT2D eigenvalue weighted by atomic mass is 10.1. The minimum atomic E-state index is -0.143. The Balaban J connectivity index is 2.16. The third kappa shape index (κ3) is 3.73. The number of aromatic nitrogens is 2. The van der Waals surface area contributed by atoms with Gasteiger partial charge in [-0.05, 0) is 44.4 Å². The van der Waals surface area contributed by atoms with Crippen LogP contribution in [0.15, 0.2) is 30.5 Å². The lowest BCUT2D eigenvalue weighted by Crippen LogP contribution is -2.26. The molecule has 0 saturated carbocycles. The number of nitrogen functional groups attached to an aromatic ring is 1. The van der Waals surface area contributed by atoms with Gasteiger partial charge in [-0.15, -0.1) is 0 Å². The van der Waals surface area contributed by atoms with Gasteiger partial charge >= 0.3 is 0 Å².